The van der Waals surface area contributed by atoms with E-state index in [2.05, 4.69) is 32.1 Å². The second-order valence-corrected chi connectivity index (χ2v) is 7.90. The number of hydrogen-bond donors (Lipinski definition) is 3. The highest BCUT2D eigenvalue weighted by Crippen LogP contribution is 2.27. The van der Waals surface area contributed by atoms with Gasteiger partial charge in [-0.25, -0.2) is 0 Å². The second-order valence-electron chi connectivity index (χ2n) is 7.90. The van der Waals surface area contributed by atoms with Crippen molar-refractivity contribution in [1.82, 2.24) is 0 Å². The number of aryl methyl sites for hydroxylation is 1. The Morgan fingerprint density at radius 3 is 2.29 bits per heavy atom. The van der Waals surface area contributed by atoms with Gasteiger partial charge in [-0.05, 0) is 77.8 Å². The Balaban J connectivity index is 2.20. The van der Waals surface area contributed by atoms with E-state index in [-0.39, 0.29) is 13.2 Å². The van der Waals surface area contributed by atoms with Crippen LogP contribution < -0.4 is 4.74 Å². The van der Waals surface area contributed by atoms with Crippen molar-refractivity contribution in [3.63, 3.8) is 0 Å². The second kappa shape index (κ2) is 11.8. The van der Waals surface area contributed by atoms with E-state index in [4.69, 9.17) is 4.74 Å². The van der Waals surface area contributed by atoms with Crippen LogP contribution in [0.3, 0.4) is 0 Å². The molecule has 2 aromatic carbocycles. The first-order chi connectivity index (χ1) is 14.9. The molecule has 0 radical (unpaired) electrons. The van der Waals surface area contributed by atoms with E-state index in [1.165, 1.54) is 11.1 Å². The van der Waals surface area contributed by atoms with Crippen molar-refractivity contribution in [2.24, 2.45) is 0 Å². The van der Waals surface area contributed by atoms with Crippen LogP contribution >= 0.6 is 0 Å². The molecule has 0 atom stereocenters. The molecule has 2 aromatic rings. The van der Waals surface area contributed by atoms with Crippen molar-refractivity contribution in [3.05, 3.63) is 82.4 Å². The maximum atomic E-state index is 10.5. The standard InChI is InChI=1S/C27H36O4/c1-5-22(9-8-14-27(30,6-2)7-3)26-16-25(13-10-20(26)4)31-19-21-11-12-23(17-28)24(15-21)18-29/h8-16,28-30H,5-7,17-19H2,1-4H3/b14-8+,22-9-. The molecule has 0 unspecified atom stereocenters. The van der Waals surface area contributed by atoms with Crippen LogP contribution in [0.25, 0.3) is 5.57 Å². The molecule has 0 fully saturated rings. The van der Waals surface area contributed by atoms with Gasteiger partial charge in [-0.3, -0.25) is 0 Å². The van der Waals surface area contributed by atoms with Crippen molar-refractivity contribution in [2.45, 2.75) is 72.4 Å². The third-order valence-corrected chi connectivity index (χ3v) is 5.88. The molecule has 0 aliphatic carbocycles. The third kappa shape index (κ3) is 6.79. The van der Waals surface area contributed by atoms with Crippen LogP contribution in [0.1, 0.15) is 67.9 Å². The van der Waals surface area contributed by atoms with Crippen molar-refractivity contribution >= 4 is 5.57 Å². The van der Waals surface area contributed by atoms with E-state index in [0.717, 1.165) is 34.4 Å². The number of aliphatic hydroxyl groups excluding tert-OH is 2. The topological polar surface area (TPSA) is 69.9 Å². The van der Waals surface area contributed by atoms with E-state index in [0.29, 0.717) is 19.4 Å². The molecule has 0 bridgehead atoms. The van der Waals surface area contributed by atoms with Gasteiger partial charge in [0.2, 0.25) is 0 Å². The van der Waals surface area contributed by atoms with Gasteiger partial charge in [0.15, 0.2) is 0 Å². The number of benzene rings is 2. The first-order valence-corrected chi connectivity index (χ1v) is 11.1. The van der Waals surface area contributed by atoms with Crippen molar-refractivity contribution < 1.29 is 20.1 Å². The molecular weight excluding hydrogens is 388 g/mol. The molecule has 4 nitrogen and oxygen atoms in total. The van der Waals surface area contributed by atoms with Crippen LogP contribution in [0.15, 0.2) is 54.6 Å². The minimum atomic E-state index is -0.756. The molecule has 0 aliphatic heterocycles. The van der Waals surface area contributed by atoms with Crippen LogP contribution in [0.5, 0.6) is 5.75 Å². The molecule has 0 saturated heterocycles. The van der Waals surface area contributed by atoms with Crippen LogP contribution in [0.2, 0.25) is 0 Å². The highest BCUT2D eigenvalue weighted by molar-refractivity contribution is 5.70. The Labute approximate surface area is 186 Å². The molecule has 0 aliphatic rings. The average molecular weight is 425 g/mol. The SMILES string of the molecule is CC/C(=C/C=C/C(O)(CC)CC)c1cc(OCc2ccc(CO)c(CO)c2)ccc1C. The normalized spacial score (nSPS) is 12.5. The summed E-state index contributed by atoms with van der Waals surface area (Å²) in [5.74, 6) is 0.777. The fraction of sp³-hybridized carbons (Fsp3) is 0.407. The quantitative estimate of drug-likeness (QED) is 0.419. The number of aliphatic hydroxyl groups is 3. The molecule has 2 rings (SSSR count). The zero-order valence-electron chi connectivity index (χ0n) is 19.2. The van der Waals surface area contributed by atoms with Gasteiger partial charge in [0.25, 0.3) is 0 Å². The van der Waals surface area contributed by atoms with E-state index in [1.54, 1.807) is 0 Å². The predicted octanol–water partition coefficient (Wildman–Crippen LogP) is 5.46. The number of hydrogen-bond acceptors (Lipinski definition) is 4. The summed E-state index contributed by atoms with van der Waals surface area (Å²) in [5, 5.41) is 29.3. The molecule has 3 N–H and O–H groups in total. The molecule has 0 spiro atoms. The van der Waals surface area contributed by atoms with E-state index >= 15 is 0 Å². The molecule has 31 heavy (non-hydrogen) atoms. The summed E-state index contributed by atoms with van der Waals surface area (Å²) in [6.07, 6.45) is 8.16. The highest BCUT2D eigenvalue weighted by atomic mass is 16.5. The van der Waals surface area contributed by atoms with Crippen LogP contribution in [0.4, 0.5) is 0 Å². The smallest absolute Gasteiger partial charge is 0.120 e. The Hall–Kier alpha value is -2.40. The van der Waals surface area contributed by atoms with Crippen LogP contribution in [0, 0.1) is 6.92 Å². The lowest BCUT2D eigenvalue weighted by atomic mass is 9.95. The van der Waals surface area contributed by atoms with Gasteiger partial charge in [-0.1, -0.05) is 57.2 Å². The van der Waals surface area contributed by atoms with Gasteiger partial charge < -0.3 is 20.1 Å². The van der Waals surface area contributed by atoms with Gasteiger partial charge in [-0.2, -0.15) is 0 Å². The Morgan fingerprint density at radius 2 is 1.68 bits per heavy atom. The summed E-state index contributed by atoms with van der Waals surface area (Å²) >= 11 is 0. The van der Waals surface area contributed by atoms with Gasteiger partial charge in [0, 0.05) is 0 Å². The third-order valence-electron chi connectivity index (χ3n) is 5.88. The maximum absolute atomic E-state index is 10.5. The Kier molecular flexibility index (Phi) is 9.50. The van der Waals surface area contributed by atoms with E-state index in [9.17, 15) is 15.3 Å². The molecule has 4 heteroatoms. The van der Waals surface area contributed by atoms with Crippen molar-refractivity contribution in [1.29, 1.82) is 0 Å². The molecule has 168 valence electrons. The Morgan fingerprint density at radius 1 is 0.968 bits per heavy atom. The van der Waals surface area contributed by atoms with Crippen LogP contribution in [-0.4, -0.2) is 20.9 Å². The van der Waals surface area contributed by atoms with Crippen molar-refractivity contribution in [2.75, 3.05) is 0 Å². The predicted molar refractivity (Wildman–Crippen MR) is 127 cm³/mol. The minimum absolute atomic E-state index is 0.0904. The molecule has 0 amide bonds. The molecule has 0 heterocycles. The number of rotatable bonds is 11. The summed E-state index contributed by atoms with van der Waals surface area (Å²) in [7, 11) is 0. The van der Waals surface area contributed by atoms with Gasteiger partial charge in [-0.15, -0.1) is 0 Å². The van der Waals surface area contributed by atoms with E-state index < -0.39 is 5.60 Å². The summed E-state index contributed by atoms with van der Waals surface area (Å²) in [6, 6.07) is 11.7. The Bertz CT molecular complexity index is 907. The molecule has 0 aromatic heterocycles. The summed E-state index contributed by atoms with van der Waals surface area (Å²) in [4.78, 5) is 0. The van der Waals surface area contributed by atoms with Crippen LogP contribution in [-0.2, 0) is 19.8 Å². The zero-order chi connectivity index (χ0) is 22.9. The van der Waals surface area contributed by atoms with Gasteiger partial charge in [0.1, 0.15) is 12.4 Å². The average Bonchev–Trinajstić information content (AvgIpc) is 2.81. The fourth-order valence-electron chi connectivity index (χ4n) is 3.50. The lowest BCUT2D eigenvalue weighted by Gasteiger charge is -2.20. The molecule has 0 saturated carbocycles. The summed E-state index contributed by atoms with van der Waals surface area (Å²) < 4.78 is 6.02. The van der Waals surface area contributed by atoms with Gasteiger partial charge in [0.05, 0.1) is 18.8 Å². The lowest BCUT2D eigenvalue weighted by molar-refractivity contribution is 0.0828. The largest absolute Gasteiger partial charge is 0.489 e. The highest BCUT2D eigenvalue weighted by Gasteiger charge is 2.17. The first-order valence-electron chi connectivity index (χ1n) is 11.1. The lowest BCUT2D eigenvalue weighted by Crippen LogP contribution is -2.22. The van der Waals surface area contributed by atoms with Gasteiger partial charge >= 0.3 is 0 Å². The van der Waals surface area contributed by atoms with Crippen molar-refractivity contribution in [3.8, 4) is 5.75 Å². The zero-order valence-corrected chi connectivity index (χ0v) is 19.2. The first kappa shape index (κ1) is 24.9. The monoisotopic (exact) mass is 424 g/mol. The fourth-order valence-corrected chi connectivity index (χ4v) is 3.50. The summed E-state index contributed by atoms with van der Waals surface area (Å²) in [5.41, 5.74) is 5.12. The number of ether oxygens (including phenoxy) is 1. The summed E-state index contributed by atoms with van der Waals surface area (Å²) in [6.45, 7) is 8.37. The van der Waals surface area contributed by atoms with E-state index in [1.807, 2.05) is 50.3 Å². The number of allylic oxidation sites excluding steroid dienone is 3. The maximum Gasteiger partial charge on any atom is 0.120 e. The molecular formula is C27H36O4. The minimum Gasteiger partial charge on any atom is -0.489 e.